The van der Waals surface area contributed by atoms with E-state index in [1.807, 2.05) is 39.0 Å². The molecule has 0 aromatic heterocycles. The van der Waals surface area contributed by atoms with Crippen LogP contribution < -0.4 is 16.4 Å². The van der Waals surface area contributed by atoms with Crippen LogP contribution in [0.4, 0.5) is 10.5 Å². The highest BCUT2D eigenvalue weighted by molar-refractivity contribution is 14.0. The number of nitrogens with zero attached hydrogens (tertiary/aromatic N) is 1. The van der Waals surface area contributed by atoms with E-state index in [0.29, 0.717) is 19.0 Å². The summed E-state index contributed by atoms with van der Waals surface area (Å²) in [4.78, 5) is 15.6. The molecule has 1 aromatic rings. The highest BCUT2D eigenvalue weighted by Crippen LogP contribution is 2.10. The van der Waals surface area contributed by atoms with Gasteiger partial charge in [0.15, 0.2) is 5.96 Å². The van der Waals surface area contributed by atoms with Gasteiger partial charge in [-0.15, -0.1) is 24.0 Å². The number of alkyl carbamates (subject to hydrolysis) is 1. The number of carbonyl (C=O) groups excluding carboxylic acids is 1. The maximum Gasteiger partial charge on any atom is 0.407 e. The number of aliphatic imine (C=N–C) groups is 1. The van der Waals surface area contributed by atoms with Crippen LogP contribution in [0, 0.1) is 0 Å². The number of halogens is 1. The number of nitrogens with two attached hydrogens (primary N) is 1. The predicted octanol–water partition coefficient (Wildman–Crippen LogP) is 3.12. The second-order valence-electron chi connectivity index (χ2n) is 5.87. The van der Waals surface area contributed by atoms with Gasteiger partial charge in [0.25, 0.3) is 0 Å². The summed E-state index contributed by atoms with van der Waals surface area (Å²) in [5, 5.41) is 5.65. The lowest BCUT2D eigenvalue weighted by Crippen LogP contribution is -2.34. The lowest BCUT2D eigenvalue weighted by molar-refractivity contribution is 0.0529. The Morgan fingerprint density at radius 3 is 2.65 bits per heavy atom. The van der Waals surface area contributed by atoms with Crippen molar-refractivity contribution < 1.29 is 9.53 Å². The van der Waals surface area contributed by atoms with Gasteiger partial charge in [0.2, 0.25) is 0 Å². The molecule has 0 aliphatic carbocycles. The fourth-order valence-corrected chi connectivity index (χ4v) is 1.70. The quantitative estimate of drug-likeness (QED) is 0.288. The maximum absolute atomic E-state index is 11.4. The van der Waals surface area contributed by atoms with Crippen LogP contribution in [-0.2, 0) is 11.2 Å². The molecule has 130 valence electrons. The number of amides is 1. The Kier molecular flexibility index (Phi) is 9.62. The molecule has 0 saturated heterocycles. The molecule has 0 saturated carbocycles. The van der Waals surface area contributed by atoms with E-state index in [0.717, 1.165) is 12.1 Å². The third-order valence-corrected chi connectivity index (χ3v) is 2.67. The van der Waals surface area contributed by atoms with Crippen molar-refractivity contribution in [3.63, 3.8) is 0 Å². The number of nitrogens with one attached hydrogen (secondary N) is 2. The second-order valence-corrected chi connectivity index (χ2v) is 5.87. The third-order valence-electron chi connectivity index (χ3n) is 2.67. The summed E-state index contributed by atoms with van der Waals surface area (Å²) >= 11 is 0. The fourth-order valence-electron chi connectivity index (χ4n) is 1.70. The zero-order valence-corrected chi connectivity index (χ0v) is 16.5. The predicted molar refractivity (Wildman–Crippen MR) is 106 cm³/mol. The van der Waals surface area contributed by atoms with E-state index in [1.165, 1.54) is 5.56 Å². The number of aryl methyl sites for hydroxylation is 1. The number of anilines is 1. The minimum atomic E-state index is -0.502. The molecule has 1 aromatic carbocycles. The van der Waals surface area contributed by atoms with Crippen LogP contribution in [0.25, 0.3) is 0 Å². The molecule has 0 fully saturated rings. The van der Waals surface area contributed by atoms with Gasteiger partial charge < -0.3 is 21.1 Å². The van der Waals surface area contributed by atoms with Crippen LogP contribution in [0.1, 0.15) is 33.3 Å². The number of rotatable bonds is 5. The average molecular weight is 434 g/mol. The highest BCUT2D eigenvalue weighted by Gasteiger charge is 2.15. The first-order valence-electron chi connectivity index (χ1n) is 7.43. The summed E-state index contributed by atoms with van der Waals surface area (Å²) < 4.78 is 5.12. The van der Waals surface area contributed by atoms with Gasteiger partial charge in [-0.1, -0.05) is 19.1 Å². The molecule has 0 spiro atoms. The van der Waals surface area contributed by atoms with E-state index in [2.05, 4.69) is 28.6 Å². The summed E-state index contributed by atoms with van der Waals surface area (Å²) in [6.07, 6.45) is 0.511. The van der Waals surface area contributed by atoms with Crippen LogP contribution in [0.3, 0.4) is 0 Å². The fraction of sp³-hybridized carbons (Fsp3) is 0.500. The molecule has 0 unspecified atom stereocenters. The van der Waals surface area contributed by atoms with Gasteiger partial charge in [0, 0.05) is 12.2 Å². The van der Waals surface area contributed by atoms with Gasteiger partial charge in [-0.25, -0.2) is 4.79 Å². The van der Waals surface area contributed by atoms with Crippen LogP contribution in [0.15, 0.2) is 29.3 Å². The van der Waals surface area contributed by atoms with Crippen molar-refractivity contribution in [1.82, 2.24) is 5.32 Å². The molecular weight excluding hydrogens is 407 g/mol. The Balaban J connectivity index is 0.00000484. The molecule has 0 heterocycles. The molecule has 1 amide bonds. The Morgan fingerprint density at radius 2 is 2.04 bits per heavy atom. The van der Waals surface area contributed by atoms with Gasteiger partial charge in [-0.05, 0) is 44.9 Å². The summed E-state index contributed by atoms with van der Waals surface area (Å²) in [7, 11) is 0. The van der Waals surface area contributed by atoms with E-state index in [1.54, 1.807) is 0 Å². The standard InChI is InChI=1S/C16H26N4O2.HI/c1-5-12-7-6-8-13(11-12)20-14(17)18-9-10-19-15(21)22-16(2,3)4;/h6-8,11H,5,9-10H2,1-4H3,(H,19,21)(H3,17,18,20);1H. The zero-order valence-electron chi connectivity index (χ0n) is 14.2. The van der Waals surface area contributed by atoms with Crippen molar-refractivity contribution in [2.45, 2.75) is 39.7 Å². The van der Waals surface area contributed by atoms with Gasteiger partial charge in [-0.2, -0.15) is 0 Å². The van der Waals surface area contributed by atoms with Crippen molar-refractivity contribution in [3.05, 3.63) is 29.8 Å². The number of guanidine groups is 1. The van der Waals surface area contributed by atoms with E-state index in [4.69, 9.17) is 10.5 Å². The molecule has 7 heteroatoms. The number of hydrogen-bond donors (Lipinski definition) is 3. The van der Waals surface area contributed by atoms with Crippen LogP contribution in [0.5, 0.6) is 0 Å². The molecule has 0 aliphatic rings. The smallest absolute Gasteiger partial charge is 0.407 e. The lowest BCUT2D eigenvalue weighted by Gasteiger charge is -2.19. The average Bonchev–Trinajstić information content (AvgIpc) is 2.42. The first kappa shape index (κ1) is 21.5. The van der Waals surface area contributed by atoms with Crippen molar-refractivity contribution in [1.29, 1.82) is 0 Å². The molecule has 1 rings (SSSR count). The van der Waals surface area contributed by atoms with Crippen LogP contribution >= 0.6 is 24.0 Å². The Bertz CT molecular complexity index is 527. The Morgan fingerprint density at radius 1 is 1.35 bits per heavy atom. The van der Waals surface area contributed by atoms with E-state index in [-0.39, 0.29) is 24.0 Å². The summed E-state index contributed by atoms with van der Waals surface area (Å²) in [6.45, 7) is 8.29. The first-order chi connectivity index (χ1) is 10.3. The Labute approximate surface area is 155 Å². The molecular formula is C16H27IN4O2. The molecule has 23 heavy (non-hydrogen) atoms. The topological polar surface area (TPSA) is 88.7 Å². The van der Waals surface area contributed by atoms with Gasteiger partial charge in [0.05, 0.1) is 6.54 Å². The largest absolute Gasteiger partial charge is 0.444 e. The van der Waals surface area contributed by atoms with Gasteiger partial charge in [-0.3, -0.25) is 4.99 Å². The van der Waals surface area contributed by atoms with Crippen molar-refractivity contribution >= 4 is 41.7 Å². The molecule has 0 aliphatic heterocycles. The monoisotopic (exact) mass is 434 g/mol. The normalized spacial score (nSPS) is 11.4. The highest BCUT2D eigenvalue weighted by atomic mass is 127. The molecule has 0 radical (unpaired) electrons. The van der Waals surface area contributed by atoms with Crippen molar-refractivity contribution in [2.24, 2.45) is 10.7 Å². The minimum absolute atomic E-state index is 0. The number of hydrogen-bond acceptors (Lipinski definition) is 3. The van der Waals surface area contributed by atoms with Crippen LogP contribution in [-0.4, -0.2) is 30.7 Å². The molecule has 4 N–H and O–H groups in total. The number of benzene rings is 1. The first-order valence-corrected chi connectivity index (χ1v) is 7.43. The SMILES string of the molecule is CCc1cccc(NC(N)=NCCNC(=O)OC(C)(C)C)c1.I. The zero-order chi connectivity index (χ0) is 16.6. The Hall–Kier alpha value is -1.51. The number of carbonyl (C=O) groups is 1. The van der Waals surface area contributed by atoms with E-state index >= 15 is 0 Å². The summed E-state index contributed by atoms with van der Waals surface area (Å²) in [5.74, 6) is 0.319. The summed E-state index contributed by atoms with van der Waals surface area (Å²) in [6, 6.07) is 7.99. The van der Waals surface area contributed by atoms with Crippen molar-refractivity contribution in [2.75, 3.05) is 18.4 Å². The number of ether oxygens (including phenoxy) is 1. The van der Waals surface area contributed by atoms with Crippen LogP contribution in [0.2, 0.25) is 0 Å². The summed E-state index contributed by atoms with van der Waals surface area (Å²) in [5.41, 5.74) is 7.44. The lowest BCUT2D eigenvalue weighted by atomic mass is 10.1. The molecule has 0 atom stereocenters. The molecule has 6 nitrogen and oxygen atoms in total. The second kappa shape index (κ2) is 10.3. The van der Waals surface area contributed by atoms with E-state index in [9.17, 15) is 4.79 Å². The van der Waals surface area contributed by atoms with Gasteiger partial charge in [0.1, 0.15) is 5.60 Å². The third kappa shape index (κ3) is 9.98. The van der Waals surface area contributed by atoms with Gasteiger partial charge >= 0.3 is 6.09 Å². The van der Waals surface area contributed by atoms with Crippen molar-refractivity contribution in [3.8, 4) is 0 Å². The molecule has 0 bridgehead atoms. The minimum Gasteiger partial charge on any atom is -0.444 e. The maximum atomic E-state index is 11.4. The van der Waals surface area contributed by atoms with E-state index < -0.39 is 11.7 Å².